The van der Waals surface area contributed by atoms with E-state index in [0.29, 0.717) is 11.5 Å². The molecule has 0 aromatic carbocycles. The summed E-state index contributed by atoms with van der Waals surface area (Å²) >= 11 is 0. The summed E-state index contributed by atoms with van der Waals surface area (Å²) in [5.41, 5.74) is 0. The monoisotopic (exact) mass is 196 g/mol. The number of aliphatic imine (C=N–C) groups is 1. The predicted molar refractivity (Wildman–Crippen MR) is 41.6 cm³/mol. The van der Waals surface area contributed by atoms with Crippen LogP contribution in [0, 0.1) is 0 Å². The standard InChI is InChI=1S/C7H11F3N2O/c1-2-13-6-5-12(4-3-11-6)7(8,9)10/h2-5H2,1H3. The summed E-state index contributed by atoms with van der Waals surface area (Å²) in [5.74, 6) is 0.172. The van der Waals surface area contributed by atoms with Crippen LogP contribution in [0.5, 0.6) is 0 Å². The Labute approximate surface area is 74.2 Å². The van der Waals surface area contributed by atoms with E-state index in [4.69, 9.17) is 4.74 Å². The number of rotatable bonds is 1. The molecule has 1 heterocycles. The fourth-order valence-corrected chi connectivity index (χ4v) is 1.06. The number of alkyl halides is 3. The van der Waals surface area contributed by atoms with Gasteiger partial charge in [-0.2, -0.15) is 13.2 Å². The molecule has 13 heavy (non-hydrogen) atoms. The molecule has 0 aromatic heterocycles. The second kappa shape index (κ2) is 3.95. The third kappa shape index (κ3) is 2.87. The molecule has 0 spiro atoms. The van der Waals surface area contributed by atoms with Crippen LogP contribution in [0.2, 0.25) is 0 Å². The Morgan fingerprint density at radius 1 is 1.54 bits per heavy atom. The molecular formula is C7H11F3N2O. The van der Waals surface area contributed by atoms with E-state index in [1.54, 1.807) is 6.92 Å². The summed E-state index contributed by atoms with van der Waals surface area (Å²) in [6.07, 6.45) is -4.28. The molecule has 0 fully saturated rings. The molecule has 1 aliphatic heterocycles. The largest absolute Gasteiger partial charge is 0.480 e. The van der Waals surface area contributed by atoms with E-state index < -0.39 is 6.30 Å². The van der Waals surface area contributed by atoms with Gasteiger partial charge in [0.1, 0.15) is 0 Å². The van der Waals surface area contributed by atoms with Crippen LogP contribution in [-0.4, -0.2) is 43.3 Å². The Morgan fingerprint density at radius 2 is 2.23 bits per heavy atom. The second-order valence-electron chi connectivity index (χ2n) is 2.60. The van der Waals surface area contributed by atoms with Crippen molar-refractivity contribution < 1.29 is 17.9 Å². The van der Waals surface area contributed by atoms with Gasteiger partial charge in [0, 0.05) is 6.54 Å². The molecule has 0 unspecified atom stereocenters. The van der Waals surface area contributed by atoms with Crippen molar-refractivity contribution in [3.63, 3.8) is 0 Å². The molecule has 0 N–H and O–H groups in total. The van der Waals surface area contributed by atoms with Crippen molar-refractivity contribution in [1.82, 2.24) is 4.90 Å². The van der Waals surface area contributed by atoms with Crippen LogP contribution < -0.4 is 0 Å². The molecule has 3 nitrogen and oxygen atoms in total. The molecule has 0 saturated heterocycles. The van der Waals surface area contributed by atoms with Crippen molar-refractivity contribution >= 4 is 5.90 Å². The maximum atomic E-state index is 12.2. The zero-order chi connectivity index (χ0) is 9.90. The van der Waals surface area contributed by atoms with Gasteiger partial charge in [0.15, 0.2) is 5.90 Å². The van der Waals surface area contributed by atoms with Gasteiger partial charge in [-0.3, -0.25) is 4.99 Å². The van der Waals surface area contributed by atoms with Gasteiger partial charge in [-0.15, -0.1) is 0 Å². The van der Waals surface area contributed by atoms with Crippen LogP contribution in [0.1, 0.15) is 6.92 Å². The Hall–Kier alpha value is -0.780. The van der Waals surface area contributed by atoms with Gasteiger partial charge in [-0.1, -0.05) is 0 Å². The highest BCUT2D eigenvalue weighted by atomic mass is 19.4. The normalized spacial score (nSPS) is 19.8. The van der Waals surface area contributed by atoms with E-state index in [9.17, 15) is 13.2 Å². The Kier molecular flexibility index (Phi) is 3.13. The van der Waals surface area contributed by atoms with Gasteiger partial charge in [0.25, 0.3) is 0 Å². The molecule has 0 aromatic rings. The lowest BCUT2D eigenvalue weighted by molar-refractivity contribution is -0.241. The van der Waals surface area contributed by atoms with Crippen LogP contribution in [0.3, 0.4) is 0 Å². The molecule has 1 rings (SSSR count). The molecule has 0 saturated carbocycles. The van der Waals surface area contributed by atoms with Crippen LogP contribution in [0.4, 0.5) is 13.2 Å². The number of hydrogen-bond acceptors (Lipinski definition) is 3. The summed E-state index contributed by atoms with van der Waals surface area (Å²) in [7, 11) is 0. The summed E-state index contributed by atoms with van der Waals surface area (Å²) in [4.78, 5) is 4.23. The minimum atomic E-state index is -4.28. The van der Waals surface area contributed by atoms with Crippen LogP contribution in [0.15, 0.2) is 4.99 Å². The fraction of sp³-hybridized carbons (Fsp3) is 0.857. The highest BCUT2D eigenvalue weighted by Crippen LogP contribution is 2.21. The van der Waals surface area contributed by atoms with Gasteiger partial charge in [-0.25, -0.2) is 4.90 Å². The lowest BCUT2D eigenvalue weighted by Crippen LogP contribution is -2.46. The Morgan fingerprint density at radius 3 is 2.77 bits per heavy atom. The molecule has 6 heteroatoms. The molecule has 0 radical (unpaired) electrons. The number of halogens is 3. The topological polar surface area (TPSA) is 24.8 Å². The quantitative estimate of drug-likeness (QED) is 0.590. The number of nitrogens with zero attached hydrogens (tertiary/aromatic N) is 2. The number of hydrogen-bond donors (Lipinski definition) is 0. The first-order valence-electron chi connectivity index (χ1n) is 4.02. The zero-order valence-corrected chi connectivity index (χ0v) is 7.26. The van der Waals surface area contributed by atoms with E-state index in [1.165, 1.54) is 0 Å². The van der Waals surface area contributed by atoms with Crippen LogP contribution in [-0.2, 0) is 4.74 Å². The fourth-order valence-electron chi connectivity index (χ4n) is 1.06. The average molecular weight is 196 g/mol. The zero-order valence-electron chi connectivity index (χ0n) is 7.26. The third-order valence-corrected chi connectivity index (χ3v) is 1.65. The molecule has 0 bridgehead atoms. The highest BCUT2D eigenvalue weighted by molar-refractivity contribution is 5.78. The summed E-state index contributed by atoms with van der Waals surface area (Å²) in [6, 6.07) is 0. The molecular weight excluding hydrogens is 185 g/mol. The highest BCUT2D eigenvalue weighted by Gasteiger charge is 2.38. The first-order valence-corrected chi connectivity index (χ1v) is 4.02. The van der Waals surface area contributed by atoms with Crippen LogP contribution >= 0.6 is 0 Å². The van der Waals surface area contributed by atoms with E-state index >= 15 is 0 Å². The molecule has 0 atom stereocenters. The average Bonchev–Trinajstić information content (AvgIpc) is 2.04. The first-order chi connectivity index (χ1) is 6.04. The van der Waals surface area contributed by atoms with Gasteiger partial charge < -0.3 is 4.74 Å². The van der Waals surface area contributed by atoms with E-state index in [0.717, 1.165) is 0 Å². The minimum Gasteiger partial charge on any atom is -0.480 e. The Bertz CT molecular complexity index is 202. The first kappa shape index (κ1) is 10.3. The maximum Gasteiger partial charge on any atom is 0.460 e. The van der Waals surface area contributed by atoms with Crippen molar-refractivity contribution in [3.8, 4) is 0 Å². The van der Waals surface area contributed by atoms with E-state index in [1.807, 2.05) is 0 Å². The predicted octanol–water partition coefficient (Wildman–Crippen LogP) is 1.26. The lowest BCUT2D eigenvalue weighted by atomic mass is 10.4. The molecule has 76 valence electrons. The minimum absolute atomic E-state index is 0.0833. The second-order valence-corrected chi connectivity index (χ2v) is 2.60. The smallest absolute Gasteiger partial charge is 0.460 e. The van der Waals surface area contributed by atoms with Gasteiger partial charge in [-0.05, 0) is 6.92 Å². The summed E-state index contributed by atoms with van der Waals surface area (Å²) in [6.45, 7) is 1.87. The van der Waals surface area contributed by atoms with Crippen molar-refractivity contribution in [3.05, 3.63) is 0 Å². The maximum absolute atomic E-state index is 12.2. The van der Waals surface area contributed by atoms with E-state index in [2.05, 4.69) is 4.99 Å². The van der Waals surface area contributed by atoms with E-state index in [-0.39, 0.29) is 25.5 Å². The SMILES string of the molecule is CCOC1=NCCN(C(F)(F)F)C1. The van der Waals surface area contributed by atoms with Crippen molar-refractivity contribution in [2.75, 3.05) is 26.2 Å². The van der Waals surface area contributed by atoms with Crippen molar-refractivity contribution in [1.29, 1.82) is 0 Å². The number of ether oxygens (including phenoxy) is 1. The van der Waals surface area contributed by atoms with Crippen LogP contribution in [0.25, 0.3) is 0 Å². The third-order valence-electron chi connectivity index (χ3n) is 1.65. The van der Waals surface area contributed by atoms with Gasteiger partial charge in [0.2, 0.25) is 0 Å². The van der Waals surface area contributed by atoms with Crippen molar-refractivity contribution in [2.45, 2.75) is 13.2 Å². The summed E-state index contributed by atoms with van der Waals surface area (Å²) in [5, 5.41) is 0. The molecule has 1 aliphatic rings. The molecule has 0 amide bonds. The van der Waals surface area contributed by atoms with Crippen molar-refractivity contribution in [2.24, 2.45) is 4.99 Å². The Balaban J connectivity index is 2.52. The molecule has 0 aliphatic carbocycles. The summed E-state index contributed by atoms with van der Waals surface area (Å²) < 4.78 is 41.4. The van der Waals surface area contributed by atoms with Gasteiger partial charge in [0.05, 0.1) is 19.7 Å². The lowest BCUT2D eigenvalue weighted by Gasteiger charge is -2.27. The van der Waals surface area contributed by atoms with Gasteiger partial charge >= 0.3 is 6.30 Å².